The Balaban J connectivity index is 2.54. The standard InChI is InChI=1S/C14H22FN3O/c1-3-4-17-14(19)10-18(2)9-12-5-11(8-16)6-13(15)7-12/h5-7H,3-4,8-10,16H2,1-2H3,(H,17,19). The predicted molar refractivity (Wildman–Crippen MR) is 73.9 cm³/mol. The summed E-state index contributed by atoms with van der Waals surface area (Å²) in [5, 5.41) is 2.81. The molecule has 0 heterocycles. The van der Waals surface area contributed by atoms with Gasteiger partial charge in [0.2, 0.25) is 5.91 Å². The highest BCUT2D eigenvalue weighted by molar-refractivity contribution is 5.77. The van der Waals surface area contributed by atoms with Crippen LogP contribution in [0, 0.1) is 5.82 Å². The largest absolute Gasteiger partial charge is 0.355 e. The second kappa shape index (κ2) is 7.86. The van der Waals surface area contributed by atoms with Crippen LogP contribution in [0.15, 0.2) is 18.2 Å². The molecule has 0 bridgehead atoms. The third kappa shape index (κ3) is 5.81. The first-order valence-electron chi connectivity index (χ1n) is 6.48. The van der Waals surface area contributed by atoms with E-state index in [0.717, 1.165) is 17.5 Å². The van der Waals surface area contributed by atoms with Crippen molar-refractivity contribution in [2.75, 3.05) is 20.1 Å². The average molecular weight is 267 g/mol. The molecule has 1 rings (SSSR count). The molecular formula is C14H22FN3O. The predicted octanol–water partition coefficient (Wildman–Crippen LogP) is 1.24. The van der Waals surface area contributed by atoms with Crippen LogP contribution in [0.5, 0.6) is 0 Å². The Hall–Kier alpha value is -1.46. The van der Waals surface area contributed by atoms with Crippen molar-refractivity contribution in [1.29, 1.82) is 0 Å². The molecule has 19 heavy (non-hydrogen) atoms. The highest BCUT2D eigenvalue weighted by Crippen LogP contribution is 2.10. The Morgan fingerprint density at radius 1 is 1.37 bits per heavy atom. The maximum absolute atomic E-state index is 13.3. The maximum Gasteiger partial charge on any atom is 0.234 e. The first-order chi connectivity index (χ1) is 9.05. The molecule has 0 radical (unpaired) electrons. The zero-order valence-corrected chi connectivity index (χ0v) is 11.6. The number of carbonyl (C=O) groups is 1. The lowest BCUT2D eigenvalue weighted by molar-refractivity contribution is -0.122. The van der Waals surface area contributed by atoms with Gasteiger partial charge in [0.1, 0.15) is 5.82 Å². The molecule has 0 aliphatic carbocycles. The van der Waals surface area contributed by atoms with Crippen LogP contribution in [0.1, 0.15) is 24.5 Å². The summed E-state index contributed by atoms with van der Waals surface area (Å²) in [5.41, 5.74) is 7.10. The molecule has 0 saturated heterocycles. The van der Waals surface area contributed by atoms with Gasteiger partial charge in [0.25, 0.3) is 0 Å². The molecule has 0 aliphatic rings. The lowest BCUT2D eigenvalue weighted by Gasteiger charge is -2.16. The molecule has 4 nitrogen and oxygen atoms in total. The van der Waals surface area contributed by atoms with Crippen molar-refractivity contribution in [1.82, 2.24) is 10.2 Å². The number of nitrogens with two attached hydrogens (primary N) is 1. The number of hydrogen-bond donors (Lipinski definition) is 2. The van der Waals surface area contributed by atoms with E-state index in [9.17, 15) is 9.18 Å². The van der Waals surface area contributed by atoms with Crippen LogP contribution in [0.2, 0.25) is 0 Å². The van der Waals surface area contributed by atoms with Crippen molar-refractivity contribution in [3.8, 4) is 0 Å². The van der Waals surface area contributed by atoms with Gasteiger partial charge in [-0.05, 0) is 36.7 Å². The second-order valence-electron chi connectivity index (χ2n) is 4.69. The number of amides is 1. The number of rotatable bonds is 7. The Kier molecular flexibility index (Phi) is 6.45. The van der Waals surface area contributed by atoms with Crippen LogP contribution in [-0.2, 0) is 17.9 Å². The molecule has 5 heteroatoms. The van der Waals surface area contributed by atoms with Gasteiger partial charge < -0.3 is 11.1 Å². The normalized spacial score (nSPS) is 10.8. The minimum absolute atomic E-state index is 0.0141. The maximum atomic E-state index is 13.3. The lowest BCUT2D eigenvalue weighted by atomic mass is 10.1. The summed E-state index contributed by atoms with van der Waals surface area (Å²) >= 11 is 0. The van der Waals surface area contributed by atoms with Crippen LogP contribution in [0.4, 0.5) is 4.39 Å². The first kappa shape index (κ1) is 15.6. The average Bonchev–Trinajstić information content (AvgIpc) is 2.35. The fourth-order valence-corrected chi connectivity index (χ4v) is 1.86. The number of carbonyl (C=O) groups excluding carboxylic acids is 1. The van der Waals surface area contributed by atoms with Crippen LogP contribution in [0.25, 0.3) is 0 Å². The SMILES string of the molecule is CCCNC(=O)CN(C)Cc1cc(F)cc(CN)c1. The molecular weight excluding hydrogens is 245 g/mol. The van der Waals surface area contributed by atoms with Gasteiger partial charge in [0.05, 0.1) is 6.54 Å². The van der Waals surface area contributed by atoms with E-state index in [1.165, 1.54) is 12.1 Å². The first-order valence-corrected chi connectivity index (χ1v) is 6.48. The topological polar surface area (TPSA) is 58.4 Å². The van der Waals surface area contributed by atoms with Crippen LogP contribution < -0.4 is 11.1 Å². The van der Waals surface area contributed by atoms with Gasteiger partial charge in [-0.15, -0.1) is 0 Å². The fourth-order valence-electron chi connectivity index (χ4n) is 1.86. The summed E-state index contributed by atoms with van der Waals surface area (Å²) in [5.74, 6) is -0.304. The minimum Gasteiger partial charge on any atom is -0.355 e. The number of hydrogen-bond acceptors (Lipinski definition) is 3. The molecule has 0 saturated carbocycles. The summed E-state index contributed by atoms with van der Waals surface area (Å²) in [6, 6.07) is 4.76. The summed E-state index contributed by atoms with van der Waals surface area (Å²) < 4.78 is 13.3. The molecule has 106 valence electrons. The molecule has 0 aromatic heterocycles. The molecule has 0 aliphatic heterocycles. The van der Waals surface area contributed by atoms with Crippen molar-refractivity contribution < 1.29 is 9.18 Å². The summed E-state index contributed by atoms with van der Waals surface area (Å²) in [6.07, 6.45) is 0.916. The van der Waals surface area contributed by atoms with Gasteiger partial charge in [-0.25, -0.2) is 4.39 Å². The van der Waals surface area contributed by atoms with E-state index >= 15 is 0 Å². The van der Waals surface area contributed by atoms with Gasteiger partial charge in [-0.3, -0.25) is 9.69 Å². The Labute approximate surface area is 113 Å². The van der Waals surface area contributed by atoms with Gasteiger partial charge in [-0.2, -0.15) is 0 Å². The lowest BCUT2D eigenvalue weighted by Crippen LogP contribution is -2.35. The molecule has 3 N–H and O–H groups in total. The van der Waals surface area contributed by atoms with Gasteiger partial charge >= 0.3 is 0 Å². The molecule has 1 aromatic carbocycles. The number of benzene rings is 1. The van der Waals surface area contributed by atoms with E-state index in [1.54, 1.807) is 0 Å². The van der Waals surface area contributed by atoms with Crippen molar-refractivity contribution >= 4 is 5.91 Å². The number of nitrogens with zero attached hydrogens (tertiary/aromatic N) is 1. The van der Waals surface area contributed by atoms with Gasteiger partial charge in [-0.1, -0.05) is 13.0 Å². The summed E-state index contributed by atoms with van der Waals surface area (Å²) in [6.45, 7) is 3.82. The molecule has 1 aromatic rings. The number of halogens is 1. The zero-order chi connectivity index (χ0) is 14.3. The van der Waals surface area contributed by atoms with Crippen LogP contribution in [0.3, 0.4) is 0 Å². The van der Waals surface area contributed by atoms with Crippen LogP contribution >= 0.6 is 0 Å². The Morgan fingerprint density at radius 3 is 2.68 bits per heavy atom. The molecule has 1 amide bonds. The third-order valence-corrected chi connectivity index (χ3v) is 2.69. The third-order valence-electron chi connectivity index (χ3n) is 2.69. The van der Waals surface area contributed by atoms with E-state index in [1.807, 2.05) is 24.9 Å². The molecule has 0 spiro atoms. The van der Waals surface area contributed by atoms with Crippen molar-refractivity contribution in [3.05, 3.63) is 35.1 Å². The van der Waals surface area contributed by atoms with E-state index in [2.05, 4.69) is 5.32 Å². The fraction of sp³-hybridized carbons (Fsp3) is 0.500. The number of nitrogens with one attached hydrogen (secondary N) is 1. The van der Waals surface area contributed by atoms with E-state index in [4.69, 9.17) is 5.73 Å². The van der Waals surface area contributed by atoms with E-state index < -0.39 is 0 Å². The summed E-state index contributed by atoms with van der Waals surface area (Å²) in [4.78, 5) is 13.4. The quantitative estimate of drug-likeness (QED) is 0.781. The van der Waals surface area contributed by atoms with E-state index in [0.29, 0.717) is 26.2 Å². The minimum atomic E-state index is -0.290. The smallest absolute Gasteiger partial charge is 0.234 e. The molecule has 0 atom stereocenters. The molecule has 0 fully saturated rings. The van der Waals surface area contributed by atoms with Crippen molar-refractivity contribution in [2.45, 2.75) is 26.4 Å². The Bertz CT molecular complexity index is 423. The monoisotopic (exact) mass is 267 g/mol. The van der Waals surface area contributed by atoms with Gasteiger partial charge in [0.15, 0.2) is 0 Å². The van der Waals surface area contributed by atoms with Gasteiger partial charge in [0, 0.05) is 19.6 Å². The summed E-state index contributed by atoms with van der Waals surface area (Å²) in [7, 11) is 1.83. The van der Waals surface area contributed by atoms with Crippen molar-refractivity contribution in [3.63, 3.8) is 0 Å². The number of likely N-dealkylation sites (N-methyl/N-ethyl adjacent to an activating group) is 1. The Morgan fingerprint density at radius 2 is 2.05 bits per heavy atom. The second-order valence-corrected chi connectivity index (χ2v) is 4.69. The highest BCUT2D eigenvalue weighted by Gasteiger charge is 2.08. The molecule has 0 unspecified atom stereocenters. The zero-order valence-electron chi connectivity index (χ0n) is 11.6. The van der Waals surface area contributed by atoms with Crippen LogP contribution in [-0.4, -0.2) is 30.9 Å². The van der Waals surface area contributed by atoms with E-state index in [-0.39, 0.29) is 11.7 Å². The van der Waals surface area contributed by atoms with Crippen molar-refractivity contribution in [2.24, 2.45) is 5.73 Å². The highest BCUT2D eigenvalue weighted by atomic mass is 19.1.